The van der Waals surface area contributed by atoms with Crippen LogP contribution in [0.25, 0.3) is 10.9 Å². The van der Waals surface area contributed by atoms with Gasteiger partial charge in [-0.25, -0.2) is 0 Å². The maximum atomic E-state index is 12.3. The summed E-state index contributed by atoms with van der Waals surface area (Å²) in [6.45, 7) is 2.39. The molecule has 0 saturated heterocycles. The minimum atomic E-state index is -0.129. The number of rotatable bonds is 3. The number of pyridine rings is 1. The van der Waals surface area contributed by atoms with Crippen LogP contribution in [-0.2, 0) is 6.54 Å². The van der Waals surface area contributed by atoms with Crippen LogP contribution in [-0.4, -0.2) is 15.9 Å². The van der Waals surface area contributed by atoms with Crippen LogP contribution in [0, 0.1) is 6.92 Å². The van der Waals surface area contributed by atoms with Gasteiger partial charge in [0, 0.05) is 29.0 Å². The second-order valence-electron chi connectivity index (χ2n) is 4.96. The lowest BCUT2D eigenvalue weighted by Gasteiger charge is -2.06. The Morgan fingerprint density at radius 2 is 2.24 bits per heavy atom. The van der Waals surface area contributed by atoms with E-state index in [0.29, 0.717) is 17.8 Å². The zero-order valence-electron chi connectivity index (χ0n) is 11.7. The van der Waals surface area contributed by atoms with Gasteiger partial charge >= 0.3 is 0 Å². The van der Waals surface area contributed by atoms with Crippen molar-refractivity contribution in [1.29, 1.82) is 0 Å². The van der Waals surface area contributed by atoms with Crippen LogP contribution >= 0.6 is 0 Å². The first-order valence-electron chi connectivity index (χ1n) is 6.70. The molecular weight excluding hydrogens is 264 g/mol. The SMILES string of the molecule is Cc1cccnc1CNC(=O)c1c[nH]c2cc(N)ccc12. The summed E-state index contributed by atoms with van der Waals surface area (Å²) < 4.78 is 0. The number of nitrogens with two attached hydrogens (primary N) is 1. The smallest absolute Gasteiger partial charge is 0.253 e. The van der Waals surface area contributed by atoms with Crippen LogP contribution in [0.5, 0.6) is 0 Å². The summed E-state index contributed by atoms with van der Waals surface area (Å²) in [5.74, 6) is -0.129. The normalized spacial score (nSPS) is 10.7. The first-order chi connectivity index (χ1) is 10.1. The summed E-state index contributed by atoms with van der Waals surface area (Å²) in [4.78, 5) is 19.6. The highest BCUT2D eigenvalue weighted by molar-refractivity contribution is 6.07. The summed E-state index contributed by atoms with van der Waals surface area (Å²) in [5.41, 5.74) is 9.79. The second-order valence-corrected chi connectivity index (χ2v) is 4.96. The Morgan fingerprint density at radius 3 is 3.05 bits per heavy atom. The van der Waals surface area contributed by atoms with Crippen molar-refractivity contribution in [1.82, 2.24) is 15.3 Å². The Hall–Kier alpha value is -2.82. The lowest BCUT2D eigenvalue weighted by Crippen LogP contribution is -2.23. The number of hydrogen-bond acceptors (Lipinski definition) is 3. The number of H-pyrrole nitrogens is 1. The Morgan fingerprint density at radius 1 is 1.38 bits per heavy atom. The molecule has 0 aliphatic carbocycles. The van der Waals surface area contributed by atoms with Gasteiger partial charge in [0.2, 0.25) is 0 Å². The minimum Gasteiger partial charge on any atom is -0.399 e. The lowest BCUT2D eigenvalue weighted by molar-refractivity contribution is 0.0952. The van der Waals surface area contributed by atoms with Crippen molar-refractivity contribution in [2.75, 3.05) is 5.73 Å². The molecular formula is C16H16N4O. The van der Waals surface area contributed by atoms with Crippen molar-refractivity contribution in [2.45, 2.75) is 13.5 Å². The number of amides is 1. The predicted molar refractivity (Wildman–Crippen MR) is 82.9 cm³/mol. The Labute approximate surface area is 122 Å². The minimum absolute atomic E-state index is 0.129. The van der Waals surface area contributed by atoms with E-state index in [1.54, 1.807) is 18.5 Å². The Kier molecular flexibility index (Phi) is 3.31. The molecule has 2 heterocycles. The third-order valence-corrected chi connectivity index (χ3v) is 3.48. The van der Waals surface area contributed by atoms with Gasteiger partial charge < -0.3 is 16.0 Å². The summed E-state index contributed by atoms with van der Waals surface area (Å²) in [6, 6.07) is 9.31. The fourth-order valence-electron chi connectivity index (χ4n) is 2.29. The summed E-state index contributed by atoms with van der Waals surface area (Å²) in [7, 11) is 0. The van der Waals surface area contributed by atoms with Crippen molar-refractivity contribution in [3.05, 3.63) is 59.5 Å². The molecule has 1 amide bonds. The van der Waals surface area contributed by atoms with Gasteiger partial charge in [-0.2, -0.15) is 0 Å². The number of hydrogen-bond donors (Lipinski definition) is 3. The van der Waals surface area contributed by atoms with E-state index in [1.165, 1.54) is 0 Å². The van der Waals surface area contributed by atoms with Crippen molar-refractivity contribution in [2.24, 2.45) is 0 Å². The topological polar surface area (TPSA) is 83.8 Å². The highest BCUT2D eigenvalue weighted by Crippen LogP contribution is 2.20. The maximum Gasteiger partial charge on any atom is 0.253 e. The number of aromatic amines is 1. The van der Waals surface area contributed by atoms with Crippen molar-refractivity contribution in [3.63, 3.8) is 0 Å². The third kappa shape index (κ3) is 2.58. The molecule has 3 rings (SSSR count). The molecule has 0 saturated carbocycles. The lowest BCUT2D eigenvalue weighted by atomic mass is 10.1. The number of benzene rings is 1. The zero-order valence-corrected chi connectivity index (χ0v) is 11.7. The molecule has 2 aromatic heterocycles. The largest absolute Gasteiger partial charge is 0.399 e. The van der Waals surface area contributed by atoms with Gasteiger partial charge in [0.05, 0.1) is 17.8 Å². The number of nitrogens with one attached hydrogen (secondary N) is 2. The van der Waals surface area contributed by atoms with Crippen molar-refractivity contribution < 1.29 is 4.79 Å². The van der Waals surface area contributed by atoms with Crippen LogP contribution < -0.4 is 11.1 Å². The highest BCUT2D eigenvalue weighted by Gasteiger charge is 2.12. The van der Waals surface area contributed by atoms with E-state index in [0.717, 1.165) is 22.2 Å². The number of aromatic nitrogens is 2. The molecule has 4 N–H and O–H groups in total. The number of anilines is 1. The summed E-state index contributed by atoms with van der Waals surface area (Å²) in [5, 5.41) is 3.76. The molecule has 0 aliphatic rings. The maximum absolute atomic E-state index is 12.3. The monoisotopic (exact) mass is 280 g/mol. The molecule has 0 atom stereocenters. The zero-order chi connectivity index (χ0) is 14.8. The highest BCUT2D eigenvalue weighted by atomic mass is 16.1. The van der Waals surface area contributed by atoms with E-state index in [1.807, 2.05) is 31.2 Å². The van der Waals surface area contributed by atoms with E-state index in [2.05, 4.69) is 15.3 Å². The van der Waals surface area contributed by atoms with Gasteiger partial charge in [-0.05, 0) is 36.8 Å². The standard InChI is InChI=1S/C16H16N4O/c1-10-3-2-6-18-15(10)9-20-16(21)13-8-19-14-7-11(17)4-5-12(13)14/h2-8,19H,9,17H2,1H3,(H,20,21). The number of nitrogen functional groups attached to an aromatic ring is 1. The Bertz CT molecular complexity index is 807. The van der Waals surface area contributed by atoms with Gasteiger partial charge in [-0.15, -0.1) is 0 Å². The number of carbonyl (C=O) groups is 1. The molecule has 0 aliphatic heterocycles. The number of aryl methyl sites for hydroxylation is 1. The number of fused-ring (bicyclic) bond motifs is 1. The molecule has 0 radical (unpaired) electrons. The molecule has 0 fully saturated rings. The van der Waals surface area contributed by atoms with Crippen LogP contribution in [0.1, 0.15) is 21.6 Å². The number of nitrogens with zero attached hydrogens (tertiary/aromatic N) is 1. The molecule has 0 unspecified atom stereocenters. The summed E-state index contributed by atoms with van der Waals surface area (Å²) >= 11 is 0. The van der Waals surface area contributed by atoms with E-state index < -0.39 is 0 Å². The first kappa shape index (κ1) is 13.2. The van der Waals surface area contributed by atoms with Crippen molar-refractivity contribution in [3.8, 4) is 0 Å². The number of carbonyl (C=O) groups excluding carboxylic acids is 1. The molecule has 3 aromatic rings. The van der Waals surface area contributed by atoms with Gasteiger partial charge in [-0.3, -0.25) is 9.78 Å². The molecule has 21 heavy (non-hydrogen) atoms. The van der Waals surface area contributed by atoms with Crippen molar-refractivity contribution >= 4 is 22.5 Å². The molecule has 0 spiro atoms. The molecule has 0 bridgehead atoms. The molecule has 5 heteroatoms. The average Bonchev–Trinajstić information content (AvgIpc) is 2.89. The molecule has 1 aromatic carbocycles. The third-order valence-electron chi connectivity index (χ3n) is 3.48. The van der Waals surface area contributed by atoms with Crippen LogP contribution in [0.2, 0.25) is 0 Å². The van der Waals surface area contributed by atoms with E-state index in [9.17, 15) is 4.79 Å². The molecule has 106 valence electrons. The van der Waals surface area contributed by atoms with E-state index >= 15 is 0 Å². The van der Waals surface area contributed by atoms with Gasteiger partial charge in [-0.1, -0.05) is 6.07 Å². The van der Waals surface area contributed by atoms with Gasteiger partial charge in [0.25, 0.3) is 5.91 Å². The van der Waals surface area contributed by atoms with Gasteiger partial charge in [0.1, 0.15) is 0 Å². The Balaban J connectivity index is 1.80. The van der Waals surface area contributed by atoms with Gasteiger partial charge in [0.15, 0.2) is 0 Å². The second kappa shape index (κ2) is 5.28. The van der Waals surface area contributed by atoms with Crippen LogP contribution in [0.3, 0.4) is 0 Å². The first-order valence-corrected chi connectivity index (χ1v) is 6.70. The quantitative estimate of drug-likeness (QED) is 0.644. The van der Waals surface area contributed by atoms with E-state index in [-0.39, 0.29) is 5.91 Å². The van der Waals surface area contributed by atoms with Crippen LogP contribution in [0.4, 0.5) is 5.69 Å². The fourth-order valence-corrected chi connectivity index (χ4v) is 2.29. The van der Waals surface area contributed by atoms with E-state index in [4.69, 9.17) is 5.73 Å². The predicted octanol–water partition coefficient (Wildman–Crippen LogP) is 2.38. The van der Waals surface area contributed by atoms with Crippen LogP contribution in [0.15, 0.2) is 42.7 Å². The molecule has 5 nitrogen and oxygen atoms in total. The summed E-state index contributed by atoms with van der Waals surface area (Å²) in [6.07, 6.45) is 3.42. The fraction of sp³-hybridized carbons (Fsp3) is 0.125. The average molecular weight is 280 g/mol.